The number of aromatic nitrogens is 1. The van der Waals surface area contributed by atoms with Gasteiger partial charge in [0, 0.05) is 24.8 Å². The molecule has 0 atom stereocenters. The fourth-order valence-corrected chi connectivity index (χ4v) is 5.26. The summed E-state index contributed by atoms with van der Waals surface area (Å²) in [5.41, 5.74) is 6.31. The van der Waals surface area contributed by atoms with Gasteiger partial charge in [0.1, 0.15) is 5.58 Å². The van der Waals surface area contributed by atoms with E-state index in [0.717, 1.165) is 41.3 Å². The molecule has 0 aliphatic heterocycles. The van der Waals surface area contributed by atoms with Crippen molar-refractivity contribution < 1.29 is 18.4 Å². The smallest absolute Gasteiger partial charge is 0.417 e. The van der Waals surface area contributed by atoms with Gasteiger partial charge in [-0.25, -0.2) is 4.79 Å². The summed E-state index contributed by atoms with van der Waals surface area (Å²) in [7, 11) is 2.03. The maximum absolute atomic E-state index is 13.4. The number of carbonyl (C=O) groups is 2. The van der Waals surface area contributed by atoms with Crippen molar-refractivity contribution in [1.29, 1.82) is 0 Å². The summed E-state index contributed by atoms with van der Waals surface area (Å²) in [6.07, 6.45) is 0.796. The molecule has 0 aliphatic carbocycles. The number of rotatable bonds is 9. The van der Waals surface area contributed by atoms with E-state index in [4.69, 9.17) is 8.83 Å². The Bertz CT molecular complexity index is 2210. The number of nitrogens with zero attached hydrogens (tertiary/aromatic N) is 1. The van der Waals surface area contributed by atoms with Crippen LogP contribution in [0.4, 0.5) is 11.4 Å². The molecule has 0 unspecified atom stereocenters. The van der Waals surface area contributed by atoms with Crippen molar-refractivity contribution in [1.82, 2.24) is 9.88 Å². The highest BCUT2D eigenvalue weighted by Crippen LogP contribution is 2.24. The number of benzene rings is 4. The van der Waals surface area contributed by atoms with Crippen LogP contribution in [0.2, 0.25) is 0 Å². The summed E-state index contributed by atoms with van der Waals surface area (Å²) in [4.78, 5) is 55.4. The van der Waals surface area contributed by atoms with E-state index >= 15 is 0 Å². The molecule has 3 N–H and O–H groups in total. The average Bonchev–Trinajstić information content (AvgIpc) is 3.41. The molecule has 6 rings (SSSR count). The summed E-state index contributed by atoms with van der Waals surface area (Å²) in [5, 5.41) is 6.06. The van der Waals surface area contributed by atoms with Crippen LogP contribution in [0.5, 0.6) is 0 Å². The Morgan fingerprint density at radius 2 is 1.52 bits per heavy atom. The van der Waals surface area contributed by atoms with Crippen LogP contribution in [-0.2, 0) is 13.0 Å². The summed E-state index contributed by atoms with van der Waals surface area (Å²) in [5.74, 6) is -1.63. The van der Waals surface area contributed by atoms with Gasteiger partial charge in [0.15, 0.2) is 16.8 Å². The minimum absolute atomic E-state index is 0.149. The molecule has 0 bridgehead atoms. The van der Waals surface area contributed by atoms with Crippen molar-refractivity contribution in [2.45, 2.75) is 26.8 Å². The molecule has 4 aromatic carbocycles. The van der Waals surface area contributed by atoms with E-state index in [1.807, 2.05) is 63.4 Å². The number of nitrogens with one attached hydrogen (secondary N) is 3. The molecule has 0 saturated carbocycles. The zero-order chi connectivity index (χ0) is 32.4. The maximum atomic E-state index is 13.4. The lowest BCUT2D eigenvalue weighted by Gasteiger charge is -2.17. The zero-order valence-corrected chi connectivity index (χ0v) is 25.6. The van der Waals surface area contributed by atoms with Crippen molar-refractivity contribution in [2.75, 3.05) is 24.2 Å². The van der Waals surface area contributed by atoms with Gasteiger partial charge < -0.3 is 24.4 Å². The van der Waals surface area contributed by atoms with E-state index in [1.54, 1.807) is 36.4 Å². The molecule has 0 saturated heterocycles. The molecule has 46 heavy (non-hydrogen) atoms. The topological polar surface area (TPSA) is 138 Å². The number of aryl methyl sites for hydroxylation is 2. The Hall–Kier alpha value is -5.74. The van der Waals surface area contributed by atoms with Gasteiger partial charge in [0.2, 0.25) is 0 Å². The number of likely N-dealkylation sites (N-methyl/N-ethyl adjacent to an activating group) is 1. The average molecular weight is 617 g/mol. The summed E-state index contributed by atoms with van der Waals surface area (Å²) < 4.78 is 10.9. The molecule has 0 aliphatic rings. The second-order valence-electron chi connectivity index (χ2n) is 11.4. The molecular formula is C36H32N4O6. The van der Waals surface area contributed by atoms with E-state index in [1.165, 1.54) is 0 Å². The number of oxazole rings is 1. The number of amides is 2. The first-order chi connectivity index (χ1) is 22.1. The molecule has 10 nitrogen and oxygen atoms in total. The molecule has 10 heteroatoms. The Kier molecular flexibility index (Phi) is 8.37. The Balaban J connectivity index is 1.10. The number of hydrogen-bond acceptors (Lipinski definition) is 7. The van der Waals surface area contributed by atoms with Gasteiger partial charge in [0.05, 0.1) is 22.2 Å². The minimum Gasteiger partial charge on any atom is -0.451 e. The standard InChI is InChI=1S/C36H32N4O6/c1-21-16-27(29(17-22(21)2)38-35(43)33-19-30(41)26-6-4-5-7-31(26)45-33)34(42)37-25-11-8-23(9-12-25)14-15-40(3)20-24-10-13-28-32(18-24)46-36(44)39-28/h4-13,16-19H,14-15,20H2,1-3H3,(H,37,42)(H,38,43)(H,39,44). The van der Waals surface area contributed by atoms with Crippen LogP contribution in [0.1, 0.15) is 43.2 Å². The summed E-state index contributed by atoms with van der Waals surface area (Å²) in [6.45, 7) is 5.27. The maximum Gasteiger partial charge on any atom is 0.417 e. The van der Waals surface area contributed by atoms with Crippen molar-refractivity contribution in [3.05, 3.63) is 139 Å². The van der Waals surface area contributed by atoms with Gasteiger partial charge in [-0.3, -0.25) is 19.4 Å². The molecule has 232 valence electrons. The third kappa shape index (κ3) is 6.67. The Labute approximate surface area is 263 Å². The molecule has 2 amide bonds. The fraction of sp³-hybridized carbons (Fsp3) is 0.167. The molecule has 2 aromatic heterocycles. The Morgan fingerprint density at radius 3 is 2.33 bits per heavy atom. The van der Waals surface area contributed by atoms with E-state index in [9.17, 15) is 19.2 Å². The summed E-state index contributed by atoms with van der Waals surface area (Å²) in [6, 6.07) is 24.6. The molecular weight excluding hydrogens is 584 g/mol. The van der Waals surface area contributed by atoms with Gasteiger partial charge in [-0.15, -0.1) is 0 Å². The van der Waals surface area contributed by atoms with Crippen LogP contribution in [0, 0.1) is 13.8 Å². The van der Waals surface area contributed by atoms with Crippen molar-refractivity contribution in [2.24, 2.45) is 0 Å². The quantitative estimate of drug-likeness (QED) is 0.181. The number of anilines is 2. The lowest BCUT2D eigenvalue weighted by Crippen LogP contribution is -2.21. The Morgan fingerprint density at radius 1 is 0.783 bits per heavy atom. The molecule has 0 spiro atoms. The molecule has 0 radical (unpaired) electrons. The SMILES string of the molecule is Cc1cc(NC(=O)c2cc(=O)c3ccccc3o2)c(C(=O)Nc2ccc(CCN(C)Cc3ccc4[nH]c(=O)oc4c3)cc2)cc1C. The van der Waals surface area contributed by atoms with Crippen LogP contribution in [0.3, 0.4) is 0 Å². The van der Waals surface area contributed by atoms with Gasteiger partial charge in [-0.2, -0.15) is 0 Å². The fourth-order valence-electron chi connectivity index (χ4n) is 5.26. The van der Waals surface area contributed by atoms with E-state index in [0.29, 0.717) is 40.0 Å². The van der Waals surface area contributed by atoms with Crippen LogP contribution >= 0.6 is 0 Å². The summed E-state index contributed by atoms with van der Waals surface area (Å²) >= 11 is 0. The molecule has 6 aromatic rings. The van der Waals surface area contributed by atoms with Gasteiger partial charge in [-0.1, -0.05) is 30.3 Å². The number of H-pyrrole nitrogens is 1. The second-order valence-corrected chi connectivity index (χ2v) is 11.4. The largest absolute Gasteiger partial charge is 0.451 e. The van der Waals surface area contributed by atoms with Gasteiger partial charge >= 0.3 is 5.76 Å². The zero-order valence-electron chi connectivity index (χ0n) is 25.6. The molecule has 0 fully saturated rings. The predicted octanol–water partition coefficient (Wildman–Crippen LogP) is 6.02. The van der Waals surface area contributed by atoms with Crippen molar-refractivity contribution in [3.8, 4) is 0 Å². The first-order valence-electron chi connectivity index (χ1n) is 14.8. The number of fused-ring (bicyclic) bond motifs is 2. The van der Waals surface area contributed by atoms with E-state index in [2.05, 4.69) is 20.5 Å². The van der Waals surface area contributed by atoms with E-state index < -0.39 is 11.7 Å². The lowest BCUT2D eigenvalue weighted by atomic mass is 10.0. The monoisotopic (exact) mass is 616 g/mol. The van der Waals surface area contributed by atoms with Gasteiger partial charge in [0.25, 0.3) is 11.8 Å². The van der Waals surface area contributed by atoms with Gasteiger partial charge in [-0.05, 0) is 98.1 Å². The minimum atomic E-state index is -0.633. The van der Waals surface area contributed by atoms with Crippen LogP contribution in [-0.4, -0.2) is 35.3 Å². The van der Waals surface area contributed by atoms with Crippen molar-refractivity contribution in [3.63, 3.8) is 0 Å². The normalized spacial score (nSPS) is 11.3. The third-order valence-corrected chi connectivity index (χ3v) is 7.92. The highest BCUT2D eigenvalue weighted by Gasteiger charge is 2.19. The number of aromatic amines is 1. The predicted molar refractivity (Wildman–Crippen MR) is 178 cm³/mol. The lowest BCUT2D eigenvalue weighted by molar-refractivity contribution is 0.0997. The highest BCUT2D eigenvalue weighted by molar-refractivity contribution is 6.12. The first-order valence-corrected chi connectivity index (χ1v) is 14.8. The highest BCUT2D eigenvalue weighted by atomic mass is 16.4. The third-order valence-electron chi connectivity index (χ3n) is 7.92. The van der Waals surface area contributed by atoms with Crippen LogP contribution in [0.15, 0.2) is 103 Å². The number of para-hydroxylation sites is 1. The number of hydrogen-bond donors (Lipinski definition) is 3. The van der Waals surface area contributed by atoms with E-state index in [-0.39, 0.29) is 22.7 Å². The molecule has 2 heterocycles. The van der Waals surface area contributed by atoms with Crippen LogP contribution < -0.4 is 21.8 Å². The first kappa shape index (κ1) is 30.3. The van der Waals surface area contributed by atoms with Crippen LogP contribution in [0.25, 0.3) is 22.1 Å². The second kappa shape index (κ2) is 12.7. The van der Waals surface area contributed by atoms with Crippen molar-refractivity contribution >= 4 is 45.3 Å². The number of carbonyl (C=O) groups excluding carboxylic acids is 2.